The van der Waals surface area contributed by atoms with Crippen LogP contribution in [-0.4, -0.2) is 24.3 Å². The van der Waals surface area contributed by atoms with Crippen LogP contribution in [-0.2, 0) is 4.74 Å². The molecule has 0 bridgehead atoms. The van der Waals surface area contributed by atoms with Crippen LogP contribution in [0.25, 0.3) is 0 Å². The third kappa shape index (κ3) is 4.68. The van der Waals surface area contributed by atoms with E-state index in [1.54, 1.807) is 7.05 Å². The summed E-state index contributed by atoms with van der Waals surface area (Å²) in [5, 5.41) is 0. The minimum atomic E-state index is -0.155. The van der Waals surface area contributed by atoms with Gasteiger partial charge in [-0.25, -0.2) is 0 Å². The zero-order valence-electron chi connectivity index (χ0n) is 7.01. The van der Waals surface area contributed by atoms with Crippen LogP contribution in [0.5, 0.6) is 0 Å². The lowest BCUT2D eigenvalue weighted by molar-refractivity contribution is 0.116. The summed E-state index contributed by atoms with van der Waals surface area (Å²) in [6.45, 7) is 5.96. The second-order valence-electron chi connectivity index (χ2n) is 2.99. The Morgan fingerprint density at radius 3 is 2.10 bits per heavy atom. The Hall–Kier alpha value is -0.180. The molecule has 0 unspecified atom stereocenters. The molecule has 0 aliphatic rings. The fourth-order valence-corrected chi connectivity index (χ4v) is 0.708. The van der Waals surface area contributed by atoms with Gasteiger partial charge in [0, 0.05) is 7.05 Å². The molecule has 0 aliphatic carbocycles. The zero-order chi connectivity index (χ0) is 8.20. The summed E-state index contributed by atoms with van der Waals surface area (Å²) >= 11 is 4.05. The topological polar surface area (TPSA) is 21.6 Å². The highest BCUT2D eigenvalue weighted by molar-refractivity contribution is 7.81. The Morgan fingerprint density at radius 1 is 1.50 bits per heavy atom. The molecule has 0 atom stereocenters. The Balaban J connectivity index is 3.88. The van der Waals surface area contributed by atoms with Crippen molar-refractivity contribution in [3.8, 4) is 0 Å². The second kappa shape index (κ2) is 3.86. The minimum Gasteiger partial charge on any atom is -0.475 e. The normalized spacial score (nSPS) is 13.5. The maximum Gasteiger partial charge on any atom is 0.193 e. The highest BCUT2D eigenvalue weighted by Crippen LogP contribution is 2.07. The van der Waals surface area contributed by atoms with Crippen LogP contribution in [0.2, 0.25) is 0 Å². The molecule has 0 radical (unpaired) electrons. The van der Waals surface area contributed by atoms with E-state index in [1.165, 1.54) is 0 Å². The predicted octanol–water partition coefficient (Wildman–Crippen LogP) is 1.76. The fraction of sp³-hybridized carbons (Fsp3) is 0.857. The van der Waals surface area contributed by atoms with Crippen LogP contribution in [0.3, 0.4) is 0 Å². The standard InChI is InChI=1S/C7H15NOS/c1-7(2,3)9-6(5-10)8-4/h10H,5H2,1-4H3. The average molecular weight is 161 g/mol. The van der Waals surface area contributed by atoms with Crippen molar-refractivity contribution >= 4 is 18.5 Å². The molecule has 10 heavy (non-hydrogen) atoms. The molecule has 0 spiro atoms. The smallest absolute Gasteiger partial charge is 0.193 e. The van der Waals surface area contributed by atoms with Crippen LogP contribution < -0.4 is 0 Å². The first kappa shape index (κ1) is 9.82. The lowest BCUT2D eigenvalue weighted by Gasteiger charge is -2.21. The number of ether oxygens (including phenoxy) is 1. The van der Waals surface area contributed by atoms with Gasteiger partial charge >= 0.3 is 0 Å². The highest BCUT2D eigenvalue weighted by atomic mass is 32.1. The molecule has 0 rings (SSSR count). The number of thiol groups is 1. The first-order valence-corrected chi connectivity index (χ1v) is 3.88. The maximum atomic E-state index is 5.41. The predicted molar refractivity (Wildman–Crippen MR) is 48.1 cm³/mol. The van der Waals surface area contributed by atoms with Crippen LogP contribution in [0.15, 0.2) is 4.99 Å². The summed E-state index contributed by atoms with van der Waals surface area (Å²) in [6, 6.07) is 0. The van der Waals surface area contributed by atoms with Gasteiger partial charge in [0.2, 0.25) is 0 Å². The number of nitrogens with zero attached hydrogens (tertiary/aromatic N) is 1. The fourth-order valence-electron chi connectivity index (χ4n) is 0.502. The first-order chi connectivity index (χ1) is 4.49. The second-order valence-corrected chi connectivity index (χ2v) is 3.31. The van der Waals surface area contributed by atoms with Gasteiger partial charge < -0.3 is 4.74 Å². The molecule has 0 aromatic rings. The molecule has 0 saturated carbocycles. The van der Waals surface area contributed by atoms with Gasteiger partial charge in [0.15, 0.2) is 5.90 Å². The lowest BCUT2D eigenvalue weighted by atomic mass is 10.2. The van der Waals surface area contributed by atoms with Gasteiger partial charge in [0.05, 0.1) is 5.75 Å². The summed E-state index contributed by atoms with van der Waals surface area (Å²) in [4.78, 5) is 3.91. The maximum absolute atomic E-state index is 5.41. The Kier molecular flexibility index (Phi) is 3.79. The van der Waals surface area contributed by atoms with E-state index < -0.39 is 0 Å². The van der Waals surface area contributed by atoms with Crippen molar-refractivity contribution in [2.45, 2.75) is 26.4 Å². The highest BCUT2D eigenvalue weighted by Gasteiger charge is 2.12. The first-order valence-electron chi connectivity index (χ1n) is 3.25. The van der Waals surface area contributed by atoms with E-state index in [9.17, 15) is 0 Å². The third-order valence-corrected chi connectivity index (χ3v) is 1.08. The molecular weight excluding hydrogens is 146 g/mol. The minimum absolute atomic E-state index is 0.155. The lowest BCUT2D eigenvalue weighted by Crippen LogP contribution is -2.24. The van der Waals surface area contributed by atoms with E-state index in [2.05, 4.69) is 17.6 Å². The summed E-state index contributed by atoms with van der Waals surface area (Å²) in [5.74, 6) is 1.25. The summed E-state index contributed by atoms with van der Waals surface area (Å²) < 4.78 is 5.41. The van der Waals surface area contributed by atoms with Gasteiger partial charge in [-0.05, 0) is 20.8 Å². The molecule has 3 heteroatoms. The van der Waals surface area contributed by atoms with E-state index in [4.69, 9.17) is 4.74 Å². The van der Waals surface area contributed by atoms with E-state index in [1.807, 2.05) is 20.8 Å². The van der Waals surface area contributed by atoms with Crippen molar-refractivity contribution in [2.75, 3.05) is 12.8 Å². The van der Waals surface area contributed by atoms with Gasteiger partial charge in [0.25, 0.3) is 0 Å². The molecule has 60 valence electrons. The monoisotopic (exact) mass is 161 g/mol. The van der Waals surface area contributed by atoms with Gasteiger partial charge in [0.1, 0.15) is 5.60 Å². The van der Waals surface area contributed by atoms with Crippen molar-refractivity contribution < 1.29 is 4.74 Å². The molecule has 0 fully saturated rings. The number of hydrogen-bond donors (Lipinski definition) is 1. The zero-order valence-corrected chi connectivity index (χ0v) is 7.90. The summed E-state index contributed by atoms with van der Waals surface area (Å²) in [6.07, 6.45) is 0. The molecule has 0 amide bonds. The molecule has 0 aromatic carbocycles. The van der Waals surface area contributed by atoms with Gasteiger partial charge in [-0.15, -0.1) is 0 Å². The Morgan fingerprint density at radius 2 is 2.00 bits per heavy atom. The third-order valence-electron chi connectivity index (χ3n) is 0.809. The van der Waals surface area contributed by atoms with Crippen molar-refractivity contribution in [1.29, 1.82) is 0 Å². The van der Waals surface area contributed by atoms with Crippen molar-refractivity contribution in [3.05, 3.63) is 0 Å². The van der Waals surface area contributed by atoms with Gasteiger partial charge in [-0.3, -0.25) is 4.99 Å². The van der Waals surface area contributed by atoms with Crippen LogP contribution in [0.4, 0.5) is 0 Å². The van der Waals surface area contributed by atoms with Crippen LogP contribution >= 0.6 is 12.6 Å². The molecule has 0 saturated heterocycles. The number of rotatable bonds is 1. The van der Waals surface area contributed by atoms with Crippen molar-refractivity contribution in [3.63, 3.8) is 0 Å². The Bertz CT molecular complexity index is 126. The summed E-state index contributed by atoms with van der Waals surface area (Å²) in [7, 11) is 1.71. The number of hydrogen-bond acceptors (Lipinski definition) is 3. The molecule has 0 N–H and O–H groups in total. The van der Waals surface area contributed by atoms with E-state index in [-0.39, 0.29) is 5.60 Å². The average Bonchev–Trinajstić information content (AvgIpc) is 1.81. The number of aliphatic imine (C=N–C) groups is 1. The van der Waals surface area contributed by atoms with Crippen molar-refractivity contribution in [1.82, 2.24) is 0 Å². The van der Waals surface area contributed by atoms with E-state index in [0.29, 0.717) is 11.7 Å². The summed E-state index contributed by atoms with van der Waals surface area (Å²) in [5.41, 5.74) is -0.155. The molecular formula is C7H15NOS. The van der Waals surface area contributed by atoms with Crippen LogP contribution in [0.1, 0.15) is 20.8 Å². The Labute approximate surface area is 68.1 Å². The largest absolute Gasteiger partial charge is 0.475 e. The molecule has 0 aromatic heterocycles. The van der Waals surface area contributed by atoms with E-state index in [0.717, 1.165) is 0 Å². The van der Waals surface area contributed by atoms with Gasteiger partial charge in [-0.2, -0.15) is 12.6 Å². The van der Waals surface area contributed by atoms with Crippen molar-refractivity contribution in [2.24, 2.45) is 4.99 Å². The van der Waals surface area contributed by atoms with Crippen LogP contribution in [0, 0.1) is 0 Å². The molecule has 0 aliphatic heterocycles. The van der Waals surface area contributed by atoms with E-state index >= 15 is 0 Å². The van der Waals surface area contributed by atoms with Gasteiger partial charge in [-0.1, -0.05) is 0 Å². The molecule has 2 nitrogen and oxygen atoms in total. The molecule has 0 heterocycles. The quantitative estimate of drug-likeness (QED) is 0.353. The SMILES string of the molecule is CN=C(CS)OC(C)(C)C.